The molecule has 10 heteroatoms. The van der Waals surface area contributed by atoms with Gasteiger partial charge in [0.05, 0.1) is 23.6 Å². The largest absolute Gasteiger partial charge is 0.475 e. The molecule has 0 radical (unpaired) electrons. The number of hydrogen-bond donors (Lipinski definition) is 0. The van der Waals surface area contributed by atoms with Crippen molar-refractivity contribution in [2.24, 2.45) is 0 Å². The predicted molar refractivity (Wildman–Crippen MR) is 172 cm³/mol. The van der Waals surface area contributed by atoms with Gasteiger partial charge in [-0.1, -0.05) is 42.4 Å². The van der Waals surface area contributed by atoms with Gasteiger partial charge >= 0.3 is 0 Å². The van der Waals surface area contributed by atoms with Crippen LogP contribution in [-0.2, 0) is 17.8 Å². The monoisotopic (exact) mass is 609 g/mol. The number of benzene rings is 2. The van der Waals surface area contributed by atoms with Crippen LogP contribution >= 0.6 is 11.6 Å². The molecule has 0 bridgehead atoms. The second kappa shape index (κ2) is 12.7. The molecule has 2 fully saturated rings. The first-order chi connectivity index (χ1) is 21.4. The third kappa shape index (κ3) is 5.54. The number of halogens is 1. The quantitative estimate of drug-likeness (QED) is 0.348. The number of nitrogens with zero attached hydrogens (tertiary/aromatic N) is 7. The summed E-state index contributed by atoms with van der Waals surface area (Å²) >= 11 is 6.71. The number of aromatic nitrogens is 1. The average molecular weight is 610 g/mol. The highest BCUT2D eigenvalue weighted by molar-refractivity contribution is 6.36. The minimum Gasteiger partial charge on any atom is -0.475 e. The first kappa shape index (κ1) is 29.7. The van der Waals surface area contributed by atoms with Crippen molar-refractivity contribution in [3.63, 3.8) is 0 Å². The molecule has 0 N–H and O–H groups in total. The Bertz CT molecular complexity index is 1670. The van der Waals surface area contributed by atoms with E-state index in [1.807, 2.05) is 18.2 Å². The fourth-order valence-electron chi connectivity index (χ4n) is 6.92. The van der Waals surface area contributed by atoms with Crippen molar-refractivity contribution in [3.8, 4) is 18.0 Å². The molecule has 0 unspecified atom stereocenters. The molecule has 3 aliphatic rings. The van der Waals surface area contributed by atoms with Gasteiger partial charge in [0.2, 0.25) is 11.8 Å². The van der Waals surface area contributed by atoms with Crippen molar-refractivity contribution in [1.29, 1.82) is 10.5 Å². The van der Waals surface area contributed by atoms with Crippen LogP contribution in [0.5, 0.6) is 5.88 Å². The van der Waals surface area contributed by atoms with Gasteiger partial charge in [-0.05, 0) is 56.4 Å². The third-order valence-corrected chi connectivity index (χ3v) is 9.59. The lowest BCUT2D eigenvalue weighted by atomic mass is 9.94. The Hall–Kier alpha value is -4.31. The van der Waals surface area contributed by atoms with E-state index in [0.29, 0.717) is 55.7 Å². The number of likely N-dealkylation sites (tertiary alicyclic amines) is 1. The Labute approximate surface area is 263 Å². The van der Waals surface area contributed by atoms with E-state index < -0.39 is 0 Å². The highest BCUT2D eigenvalue weighted by atomic mass is 35.5. The summed E-state index contributed by atoms with van der Waals surface area (Å²) in [4.78, 5) is 26.1. The lowest BCUT2D eigenvalue weighted by Gasteiger charge is -2.42. The molecule has 0 spiro atoms. The maximum Gasteiger partial charge on any atom is 0.246 e. The van der Waals surface area contributed by atoms with E-state index in [4.69, 9.17) is 21.3 Å². The lowest BCUT2D eigenvalue weighted by molar-refractivity contribution is -0.128. The normalized spacial score (nSPS) is 20.2. The molecule has 9 nitrogen and oxygen atoms in total. The summed E-state index contributed by atoms with van der Waals surface area (Å²) in [7, 11) is 2.10. The van der Waals surface area contributed by atoms with Gasteiger partial charge in [-0.15, -0.1) is 0 Å². The number of fused-ring (bicyclic) bond motifs is 2. The van der Waals surface area contributed by atoms with Crippen molar-refractivity contribution >= 4 is 39.8 Å². The molecule has 0 aliphatic carbocycles. The summed E-state index contributed by atoms with van der Waals surface area (Å²) in [6.45, 7) is 7.84. The number of pyridine rings is 1. The summed E-state index contributed by atoms with van der Waals surface area (Å²) in [6.07, 6.45) is 4.35. The zero-order valence-electron chi connectivity index (χ0n) is 25.0. The van der Waals surface area contributed by atoms with Crippen LogP contribution in [0.1, 0.15) is 36.0 Å². The highest BCUT2D eigenvalue weighted by Gasteiger charge is 2.35. The van der Waals surface area contributed by atoms with Gasteiger partial charge in [-0.3, -0.25) is 4.79 Å². The summed E-state index contributed by atoms with van der Waals surface area (Å²) in [6, 6.07) is 16.8. The van der Waals surface area contributed by atoms with E-state index >= 15 is 0 Å². The minimum atomic E-state index is -0.290. The van der Waals surface area contributed by atoms with Gasteiger partial charge in [0.15, 0.2) is 0 Å². The number of ether oxygens (including phenoxy) is 1. The molecule has 44 heavy (non-hydrogen) atoms. The molecule has 1 amide bonds. The molecule has 0 saturated carbocycles. The second-order valence-electron chi connectivity index (χ2n) is 11.8. The van der Waals surface area contributed by atoms with Crippen molar-refractivity contribution in [2.45, 2.75) is 44.3 Å². The van der Waals surface area contributed by atoms with Crippen molar-refractivity contribution in [3.05, 3.63) is 70.8 Å². The number of nitriles is 2. The zero-order chi connectivity index (χ0) is 30.8. The summed E-state index contributed by atoms with van der Waals surface area (Å²) in [5.74, 6) is 0.951. The Morgan fingerprint density at radius 1 is 1.11 bits per heavy atom. The molecule has 1 aromatic heterocycles. The third-order valence-electron chi connectivity index (χ3n) is 9.27. The Balaban J connectivity index is 1.41. The van der Waals surface area contributed by atoms with E-state index in [0.717, 1.165) is 59.3 Å². The standard InChI is InChI=1S/C34H36ClN7O2/c1-3-31(43)42-18-17-41(20-24(42)12-14-36)33-26-13-16-40(30-11-5-8-23-7-4-10-29(35)32(23)30)21-28(26)27(19-37)34(38-33)44-22-25-9-6-15-39(25)2/h3-5,7-8,10-11,24-25H,1,6,9,12-13,15-18,20-22H2,2H3/t24-,25-/m0/s1. The maximum absolute atomic E-state index is 12.6. The molecule has 2 atom stereocenters. The smallest absolute Gasteiger partial charge is 0.246 e. The maximum atomic E-state index is 12.6. The van der Waals surface area contributed by atoms with Crippen molar-refractivity contribution < 1.29 is 9.53 Å². The number of piperazine rings is 1. The number of rotatable bonds is 7. The molecule has 2 aromatic carbocycles. The van der Waals surface area contributed by atoms with Gasteiger partial charge in [-0.25, -0.2) is 0 Å². The van der Waals surface area contributed by atoms with Crippen LogP contribution in [0.25, 0.3) is 10.8 Å². The van der Waals surface area contributed by atoms with E-state index in [-0.39, 0.29) is 24.4 Å². The Morgan fingerprint density at radius 3 is 2.66 bits per heavy atom. The van der Waals surface area contributed by atoms with Gasteiger partial charge in [-0.2, -0.15) is 15.5 Å². The van der Waals surface area contributed by atoms with Gasteiger partial charge < -0.3 is 24.3 Å². The number of hydrogen-bond acceptors (Lipinski definition) is 8. The number of anilines is 2. The fraction of sp³-hybridized carbons (Fsp3) is 0.412. The molecular formula is C34H36ClN7O2. The van der Waals surface area contributed by atoms with Crippen molar-refractivity contribution in [2.75, 3.05) is 56.2 Å². The van der Waals surface area contributed by atoms with Gasteiger partial charge in [0.1, 0.15) is 24.1 Å². The first-order valence-corrected chi connectivity index (χ1v) is 15.6. The lowest BCUT2D eigenvalue weighted by Crippen LogP contribution is -2.55. The number of carbonyl (C=O) groups is 1. The molecule has 3 aliphatic heterocycles. The van der Waals surface area contributed by atoms with Gasteiger partial charge in [0, 0.05) is 61.0 Å². The van der Waals surface area contributed by atoms with E-state index in [2.05, 4.69) is 58.7 Å². The first-order valence-electron chi connectivity index (χ1n) is 15.2. The van der Waals surface area contributed by atoms with Crippen LogP contribution in [0.15, 0.2) is 49.1 Å². The molecule has 4 heterocycles. The summed E-state index contributed by atoms with van der Waals surface area (Å²) in [5.41, 5.74) is 3.42. The molecule has 2 saturated heterocycles. The number of amides is 1. The molecule has 6 rings (SSSR count). The zero-order valence-corrected chi connectivity index (χ0v) is 25.8. The average Bonchev–Trinajstić information content (AvgIpc) is 3.46. The van der Waals surface area contributed by atoms with E-state index in [1.165, 1.54) is 6.08 Å². The summed E-state index contributed by atoms with van der Waals surface area (Å²) < 4.78 is 6.39. The van der Waals surface area contributed by atoms with Crippen LogP contribution in [0.4, 0.5) is 11.5 Å². The topological polar surface area (TPSA) is 99.7 Å². The minimum absolute atomic E-state index is 0.172. The molecule has 3 aromatic rings. The fourth-order valence-corrected chi connectivity index (χ4v) is 7.19. The highest BCUT2D eigenvalue weighted by Crippen LogP contribution is 2.40. The van der Waals surface area contributed by atoms with Crippen LogP contribution in [0.2, 0.25) is 5.02 Å². The Morgan fingerprint density at radius 2 is 1.93 bits per heavy atom. The predicted octanol–water partition coefficient (Wildman–Crippen LogP) is 4.91. The molecular weight excluding hydrogens is 574 g/mol. The van der Waals surface area contributed by atoms with E-state index in [9.17, 15) is 15.3 Å². The summed E-state index contributed by atoms with van der Waals surface area (Å²) in [5, 5.41) is 22.8. The van der Waals surface area contributed by atoms with Crippen LogP contribution in [-0.4, -0.2) is 79.2 Å². The number of carbonyl (C=O) groups excluding carboxylic acids is 1. The van der Waals surface area contributed by atoms with Crippen molar-refractivity contribution in [1.82, 2.24) is 14.8 Å². The van der Waals surface area contributed by atoms with E-state index in [1.54, 1.807) is 4.90 Å². The second-order valence-corrected chi connectivity index (χ2v) is 12.2. The van der Waals surface area contributed by atoms with Crippen LogP contribution in [0, 0.1) is 22.7 Å². The SMILES string of the molecule is C=CC(=O)N1CCN(c2nc(OC[C@@H]3CCCN3C)c(C#N)c3c2CCN(c2cccc4cccc(Cl)c24)C3)C[C@@H]1CC#N. The Kier molecular flexibility index (Phi) is 8.61. The molecule has 226 valence electrons. The van der Waals surface area contributed by atoms with Crippen LogP contribution in [0.3, 0.4) is 0 Å². The van der Waals surface area contributed by atoms with Crippen LogP contribution < -0.4 is 14.5 Å². The number of likely N-dealkylation sites (N-methyl/N-ethyl adjacent to an activating group) is 1. The van der Waals surface area contributed by atoms with Gasteiger partial charge in [0.25, 0.3) is 0 Å².